The molecule has 1 aromatic heterocycles. The highest BCUT2D eigenvalue weighted by molar-refractivity contribution is 7.99. The number of aryl methyl sites for hydroxylation is 1. The van der Waals surface area contributed by atoms with E-state index in [1.807, 2.05) is 53.1 Å². The second kappa shape index (κ2) is 9.03. The zero-order valence-electron chi connectivity index (χ0n) is 16.5. The lowest BCUT2D eigenvalue weighted by Crippen LogP contribution is -2.36. The van der Waals surface area contributed by atoms with Gasteiger partial charge in [-0.1, -0.05) is 0 Å². The highest BCUT2D eigenvalue weighted by Gasteiger charge is 2.17. The molecule has 0 aliphatic heterocycles. The number of carbonyl (C=O) groups is 1. The molecule has 1 atom stereocenters. The van der Waals surface area contributed by atoms with E-state index < -0.39 is 11.7 Å². The minimum atomic E-state index is -0.503. The van der Waals surface area contributed by atoms with Crippen molar-refractivity contribution in [3.05, 3.63) is 30.6 Å². The number of nitrogens with one attached hydrogen (secondary N) is 1. The number of hydrogen-bond donors (Lipinski definition) is 2. The van der Waals surface area contributed by atoms with Crippen molar-refractivity contribution in [2.75, 3.05) is 18.1 Å². The van der Waals surface area contributed by atoms with Gasteiger partial charge >= 0.3 is 6.09 Å². The predicted molar refractivity (Wildman–Crippen MR) is 110 cm³/mol. The maximum absolute atomic E-state index is 11.7. The van der Waals surface area contributed by atoms with Gasteiger partial charge in [0.15, 0.2) is 0 Å². The first-order chi connectivity index (χ1) is 12.6. The number of anilines is 1. The molecule has 0 radical (unpaired) electrons. The van der Waals surface area contributed by atoms with Gasteiger partial charge in [0.1, 0.15) is 11.4 Å². The summed E-state index contributed by atoms with van der Waals surface area (Å²) < 4.78 is 12.8. The fraction of sp³-hybridized carbons (Fsp3) is 0.474. The summed E-state index contributed by atoms with van der Waals surface area (Å²) in [5.41, 5.74) is 8.07. The summed E-state index contributed by atoms with van der Waals surface area (Å²) >= 11 is 1.58. The summed E-state index contributed by atoms with van der Waals surface area (Å²) in [6.45, 7) is 7.92. The Hall–Kier alpha value is -2.35. The Morgan fingerprint density at radius 3 is 2.70 bits per heavy atom. The van der Waals surface area contributed by atoms with Crippen molar-refractivity contribution in [2.24, 2.45) is 7.05 Å². The number of thioether (sulfide) groups is 1. The summed E-state index contributed by atoms with van der Waals surface area (Å²) in [7, 11) is 1.87. The SMILES string of the molecule is C[C@H](NC(=O)OC(C)(C)C)SCCOc1cc(N)cc(-c2cnn(C)c2)c1. The number of amides is 1. The van der Waals surface area contributed by atoms with Crippen LogP contribution in [0.4, 0.5) is 10.5 Å². The highest BCUT2D eigenvalue weighted by atomic mass is 32.2. The summed E-state index contributed by atoms with van der Waals surface area (Å²) in [5, 5.41) is 6.90. The highest BCUT2D eigenvalue weighted by Crippen LogP contribution is 2.27. The maximum Gasteiger partial charge on any atom is 0.408 e. The summed E-state index contributed by atoms with van der Waals surface area (Å²) in [6, 6.07) is 5.64. The number of nitrogens with two attached hydrogens (primary N) is 1. The van der Waals surface area contributed by atoms with Crippen molar-refractivity contribution in [1.82, 2.24) is 15.1 Å². The molecule has 1 aromatic carbocycles. The second-order valence-electron chi connectivity index (χ2n) is 7.20. The molecule has 2 aromatic rings. The van der Waals surface area contributed by atoms with Crippen LogP contribution >= 0.6 is 11.8 Å². The third-order valence-electron chi connectivity index (χ3n) is 3.41. The Kier molecular flexibility index (Phi) is 7.01. The van der Waals surface area contributed by atoms with Crippen LogP contribution in [0.3, 0.4) is 0 Å². The van der Waals surface area contributed by atoms with Crippen LogP contribution in [0.1, 0.15) is 27.7 Å². The van der Waals surface area contributed by atoms with Crippen LogP contribution in [0.25, 0.3) is 11.1 Å². The van der Waals surface area contributed by atoms with Gasteiger partial charge in [0.05, 0.1) is 18.2 Å². The van der Waals surface area contributed by atoms with Crippen LogP contribution in [-0.2, 0) is 11.8 Å². The van der Waals surface area contributed by atoms with E-state index in [0.29, 0.717) is 23.8 Å². The summed E-state index contributed by atoms with van der Waals surface area (Å²) in [4.78, 5) is 11.7. The van der Waals surface area contributed by atoms with E-state index in [1.165, 1.54) is 0 Å². The van der Waals surface area contributed by atoms with Crippen molar-refractivity contribution in [2.45, 2.75) is 38.7 Å². The molecule has 27 heavy (non-hydrogen) atoms. The first-order valence-electron chi connectivity index (χ1n) is 8.76. The Bertz CT molecular complexity index is 771. The van der Waals surface area contributed by atoms with E-state index in [4.69, 9.17) is 15.2 Å². The molecule has 0 fully saturated rings. The molecule has 1 amide bonds. The predicted octanol–water partition coefficient (Wildman–Crippen LogP) is 3.65. The van der Waals surface area contributed by atoms with Gasteiger partial charge in [-0.15, -0.1) is 11.8 Å². The number of carbonyl (C=O) groups excluding carboxylic acids is 1. The number of benzene rings is 1. The van der Waals surface area contributed by atoms with Crippen molar-refractivity contribution in [3.8, 4) is 16.9 Å². The van der Waals surface area contributed by atoms with E-state index in [1.54, 1.807) is 28.7 Å². The molecule has 1 heterocycles. The summed E-state index contributed by atoms with van der Waals surface area (Å²) in [6.07, 6.45) is 3.30. The average Bonchev–Trinajstić information content (AvgIpc) is 2.96. The van der Waals surface area contributed by atoms with Crippen LogP contribution < -0.4 is 15.8 Å². The maximum atomic E-state index is 11.7. The number of aromatic nitrogens is 2. The van der Waals surface area contributed by atoms with E-state index >= 15 is 0 Å². The molecule has 0 saturated carbocycles. The van der Waals surface area contributed by atoms with Crippen molar-refractivity contribution < 1.29 is 14.3 Å². The molecule has 0 unspecified atom stereocenters. The molecule has 0 aliphatic rings. The number of hydrogen-bond acceptors (Lipinski definition) is 6. The molecule has 7 nitrogen and oxygen atoms in total. The van der Waals surface area contributed by atoms with Gasteiger partial charge in [0.2, 0.25) is 0 Å². The van der Waals surface area contributed by atoms with E-state index in [0.717, 1.165) is 11.1 Å². The molecule has 0 saturated heterocycles. The number of nitrogen functional groups attached to an aromatic ring is 1. The first-order valence-corrected chi connectivity index (χ1v) is 9.81. The van der Waals surface area contributed by atoms with Crippen LogP contribution in [0.5, 0.6) is 5.75 Å². The van der Waals surface area contributed by atoms with E-state index in [-0.39, 0.29) is 5.37 Å². The first kappa shape index (κ1) is 21.0. The zero-order chi connectivity index (χ0) is 20.0. The third kappa shape index (κ3) is 7.42. The second-order valence-corrected chi connectivity index (χ2v) is 8.65. The molecular formula is C19H28N4O3S. The molecular weight excluding hydrogens is 364 g/mol. The number of alkyl carbamates (subject to hydrolysis) is 1. The van der Waals surface area contributed by atoms with Gasteiger partial charge < -0.3 is 20.5 Å². The Balaban J connectivity index is 1.80. The topological polar surface area (TPSA) is 91.4 Å². The fourth-order valence-corrected chi connectivity index (χ4v) is 3.05. The average molecular weight is 393 g/mol. The largest absolute Gasteiger partial charge is 0.493 e. The Morgan fingerprint density at radius 2 is 2.07 bits per heavy atom. The molecule has 0 aliphatic carbocycles. The van der Waals surface area contributed by atoms with Crippen LogP contribution in [0, 0.1) is 0 Å². The van der Waals surface area contributed by atoms with Gasteiger partial charge in [-0.25, -0.2) is 4.79 Å². The molecule has 0 bridgehead atoms. The van der Waals surface area contributed by atoms with Gasteiger partial charge in [0, 0.05) is 36.3 Å². The lowest BCUT2D eigenvalue weighted by atomic mass is 10.1. The van der Waals surface area contributed by atoms with Crippen molar-refractivity contribution >= 4 is 23.5 Å². The molecule has 0 spiro atoms. The van der Waals surface area contributed by atoms with Gasteiger partial charge in [-0.2, -0.15) is 5.10 Å². The summed E-state index contributed by atoms with van der Waals surface area (Å²) in [5.74, 6) is 1.43. The van der Waals surface area contributed by atoms with Crippen LogP contribution in [0.2, 0.25) is 0 Å². The molecule has 3 N–H and O–H groups in total. The smallest absolute Gasteiger partial charge is 0.408 e. The fourth-order valence-electron chi connectivity index (χ4n) is 2.34. The molecule has 2 rings (SSSR count). The van der Waals surface area contributed by atoms with E-state index in [9.17, 15) is 4.79 Å². The third-order valence-corrected chi connectivity index (χ3v) is 4.43. The van der Waals surface area contributed by atoms with Gasteiger partial charge in [-0.05, 0) is 45.4 Å². The Morgan fingerprint density at radius 1 is 1.33 bits per heavy atom. The quantitative estimate of drug-likeness (QED) is 0.424. The number of rotatable bonds is 7. The van der Waals surface area contributed by atoms with Gasteiger partial charge in [0.25, 0.3) is 0 Å². The van der Waals surface area contributed by atoms with Crippen molar-refractivity contribution in [1.29, 1.82) is 0 Å². The molecule has 148 valence electrons. The van der Waals surface area contributed by atoms with Gasteiger partial charge in [-0.3, -0.25) is 4.68 Å². The monoisotopic (exact) mass is 392 g/mol. The van der Waals surface area contributed by atoms with E-state index in [2.05, 4.69) is 10.4 Å². The standard InChI is InChI=1S/C19H28N4O3S/c1-13(22-18(24)26-19(2,3)4)27-7-6-25-17-9-14(8-16(20)10-17)15-11-21-23(5)12-15/h8-13H,6-7,20H2,1-5H3,(H,22,24)/t13-/m1/s1. The van der Waals surface area contributed by atoms with Crippen LogP contribution in [-0.4, -0.2) is 39.2 Å². The van der Waals surface area contributed by atoms with Crippen molar-refractivity contribution in [3.63, 3.8) is 0 Å². The Labute approximate surface area is 164 Å². The molecule has 8 heteroatoms. The van der Waals surface area contributed by atoms with Crippen LogP contribution in [0.15, 0.2) is 30.6 Å². The zero-order valence-corrected chi connectivity index (χ0v) is 17.3. The number of nitrogens with zero attached hydrogens (tertiary/aromatic N) is 2. The lowest BCUT2D eigenvalue weighted by Gasteiger charge is -2.21. The lowest BCUT2D eigenvalue weighted by molar-refractivity contribution is 0.0525. The minimum Gasteiger partial charge on any atom is -0.493 e. The normalized spacial score (nSPS) is 12.5. The number of ether oxygens (including phenoxy) is 2. The minimum absolute atomic E-state index is 0.0738.